The van der Waals surface area contributed by atoms with Crippen LogP contribution >= 0.6 is 0 Å². The van der Waals surface area contributed by atoms with Crippen molar-refractivity contribution in [3.63, 3.8) is 0 Å². The van der Waals surface area contributed by atoms with E-state index in [1.165, 1.54) is 34.1 Å². The zero-order chi connectivity index (χ0) is 21.4. The Balaban J connectivity index is 1.39. The molecule has 32 heavy (non-hydrogen) atoms. The van der Waals surface area contributed by atoms with E-state index in [-0.39, 0.29) is 16.2 Å². The Morgan fingerprint density at radius 2 is 0.969 bits per heavy atom. The van der Waals surface area contributed by atoms with Gasteiger partial charge >= 0.3 is 0 Å². The van der Waals surface area contributed by atoms with E-state index in [2.05, 4.69) is 114 Å². The average molecular weight is 419 g/mol. The van der Waals surface area contributed by atoms with Gasteiger partial charge < -0.3 is 19.6 Å². The number of rotatable bonds is 0. The fourth-order valence-corrected chi connectivity index (χ4v) is 9.80. The lowest BCUT2D eigenvalue weighted by Crippen LogP contribution is -2.63. The quantitative estimate of drug-likeness (QED) is 0.482. The van der Waals surface area contributed by atoms with Gasteiger partial charge in [0, 0.05) is 47.3 Å². The summed E-state index contributed by atoms with van der Waals surface area (Å²) < 4.78 is 0. The maximum absolute atomic E-state index is 2.66. The van der Waals surface area contributed by atoms with Crippen molar-refractivity contribution in [2.75, 3.05) is 33.7 Å². The van der Waals surface area contributed by atoms with Crippen molar-refractivity contribution >= 4 is 34.1 Å². The molecule has 2 fully saturated rings. The van der Waals surface area contributed by atoms with Crippen LogP contribution in [0.4, 0.5) is 34.1 Å². The molecule has 2 aliphatic carbocycles. The SMILES string of the molecule is CN1c2ccccc2N2c3cccc4c3C35C(C3(C)C12)C5(C)C1N(C)c2ccccc2N41. The summed E-state index contributed by atoms with van der Waals surface area (Å²) in [5, 5.41) is 0. The summed E-state index contributed by atoms with van der Waals surface area (Å²) in [6, 6.07) is 25.0. The van der Waals surface area contributed by atoms with Crippen LogP contribution in [0.5, 0.6) is 0 Å². The van der Waals surface area contributed by atoms with Gasteiger partial charge in [0.2, 0.25) is 0 Å². The minimum atomic E-state index is 0.264. The number of hydrogen-bond acceptors (Lipinski definition) is 4. The summed E-state index contributed by atoms with van der Waals surface area (Å²) in [4.78, 5) is 10.5. The fourth-order valence-electron chi connectivity index (χ4n) is 9.80. The zero-order valence-electron chi connectivity index (χ0n) is 18.9. The first kappa shape index (κ1) is 16.5. The monoisotopic (exact) mass is 418 g/mol. The minimum Gasteiger partial charge on any atom is -0.352 e. The Bertz CT molecular complexity index is 1310. The highest BCUT2D eigenvalue weighted by Gasteiger charge is 3.06. The largest absolute Gasteiger partial charge is 0.352 e. The molecule has 9 rings (SSSR count). The van der Waals surface area contributed by atoms with E-state index in [1.54, 1.807) is 5.56 Å². The maximum atomic E-state index is 2.66. The molecule has 0 aromatic heterocycles. The predicted octanol–water partition coefficient (Wildman–Crippen LogP) is 5.44. The van der Waals surface area contributed by atoms with Crippen LogP contribution in [0.1, 0.15) is 19.4 Å². The van der Waals surface area contributed by atoms with Crippen molar-refractivity contribution in [3.8, 4) is 0 Å². The molecular formula is C28H26N4. The second kappa shape index (κ2) is 4.36. The molecule has 0 radical (unpaired) electrons. The first-order chi connectivity index (χ1) is 15.5. The molecule has 0 bridgehead atoms. The summed E-state index contributed by atoms with van der Waals surface area (Å²) in [6.07, 6.45) is 0.780. The lowest BCUT2D eigenvalue weighted by Gasteiger charge is -2.57. The van der Waals surface area contributed by atoms with Crippen LogP contribution in [-0.4, -0.2) is 26.4 Å². The van der Waals surface area contributed by atoms with E-state index in [1.807, 2.05) is 0 Å². The van der Waals surface area contributed by atoms with E-state index in [9.17, 15) is 0 Å². The standard InChI is InChI=1S/C28H26N4/c1-26-23-27(2)25-30(4)17-11-6-8-13-19(17)32(25)21-15-9-14-20(22(21)28(23,26)27)31-18-12-7-5-10-16(18)29(3)24(26)31/h5-15,23-25H,1-4H3. The highest BCUT2D eigenvalue weighted by molar-refractivity contribution is 5.98. The van der Waals surface area contributed by atoms with E-state index in [0.717, 1.165) is 0 Å². The highest BCUT2D eigenvalue weighted by Crippen LogP contribution is 3.03. The number of fused-ring (bicyclic) bond motifs is 12. The topological polar surface area (TPSA) is 13.0 Å². The maximum Gasteiger partial charge on any atom is 0.113 e. The van der Waals surface area contributed by atoms with Crippen molar-refractivity contribution in [2.45, 2.75) is 31.6 Å². The number of nitrogens with zero attached hydrogens (tertiary/aromatic N) is 4. The lowest BCUT2D eigenvalue weighted by atomic mass is 9.63. The van der Waals surface area contributed by atoms with Gasteiger partial charge in [-0.25, -0.2) is 0 Å². The molecule has 1 spiro atoms. The molecule has 4 heterocycles. The third-order valence-electron chi connectivity index (χ3n) is 10.4. The summed E-state index contributed by atoms with van der Waals surface area (Å²) in [5.74, 6) is 0.695. The second-order valence-corrected chi connectivity index (χ2v) is 11.2. The first-order valence-corrected chi connectivity index (χ1v) is 11.9. The summed E-state index contributed by atoms with van der Waals surface area (Å²) >= 11 is 0. The third-order valence-corrected chi connectivity index (χ3v) is 10.4. The van der Waals surface area contributed by atoms with Gasteiger partial charge in [-0.05, 0) is 42.3 Å². The Hall–Kier alpha value is -3.14. The smallest absolute Gasteiger partial charge is 0.113 e. The number of benzene rings is 3. The van der Waals surface area contributed by atoms with Crippen molar-refractivity contribution in [1.82, 2.24) is 0 Å². The van der Waals surface area contributed by atoms with Crippen LogP contribution in [0.15, 0.2) is 66.7 Å². The molecule has 4 unspecified atom stereocenters. The van der Waals surface area contributed by atoms with Crippen LogP contribution < -0.4 is 19.6 Å². The molecule has 158 valence electrons. The molecule has 3 aromatic rings. The zero-order valence-corrected chi connectivity index (χ0v) is 18.9. The van der Waals surface area contributed by atoms with Crippen molar-refractivity contribution < 1.29 is 0 Å². The van der Waals surface area contributed by atoms with Gasteiger partial charge in [0.1, 0.15) is 12.3 Å². The molecule has 6 aliphatic rings. The summed E-state index contributed by atoms with van der Waals surface area (Å²) in [7, 11) is 4.62. The molecule has 4 atom stereocenters. The molecule has 2 saturated carbocycles. The number of para-hydroxylation sites is 4. The van der Waals surface area contributed by atoms with Crippen LogP contribution in [0, 0.1) is 16.7 Å². The van der Waals surface area contributed by atoms with E-state index < -0.39 is 0 Å². The Labute approximate surface area is 188 Å². The number of hydrogen-bond donors (Lipinski definition) is 0. The molecule has 0 amide bonds. The Kier molecular flexibility index (Phi) is 2.25. The van der Waals surface area contributed by atoms with Crippen molar-refractivity contribution in [1.29, 1.82) is 0 Å². The van der Waals surface area contributed by atoms with E-state index in [0.29, 0.717) is 18.2 Å². The van der Waals surface area contributed by atoms with Gasteiger partial charge in [-0.2, -0.15) is 0 Å². The van der Waals surface area contributed by atoms with Gasteiger partial charge in [-0.3, -0.25) is 0 Å². The van der Waals surface area contributed by atoms with Crippen molar-refractivity contribution in [2.24, 2.45) is 16.7 Å². The van der Waals surface area contributed by atoms with Crippen LogP contribution in [0.25, 0.3) is 0 Å². The Morgan fingerprint density at radius 1 is 0.562 bits per heavy atom. The number of anilines is 6. The summed E-state index contributed by atoms with van der Waals surface area (Å²) in [5.41, 5.74) is 10.7. The molecule has 4 nitrogen and oxygen atoms in total. The molecule has 3 aromatic carbocycles. The predicted molar refractivity (Wildman–Crippen MR) is 129 cm³/mol. The van der Waals surface area contributed by atoms with E-state index in [4.69, 9.17) is 0 Å². The van der Waals surface area contributed by atoms with Gasteiger partial charge in [0.05, 0.1) is 22.7 Å². The third kappa shape index (κ3) is 1.19. The minimum absolute atomic E-state index is 0.264. The van der Waals surface area contributed by atoms with Gasteiger partial charge in [0.15, 0.2) is 0 Å². The van der Waals surface area contributed by atoms with Crippen LogP contribution in [0.2, 0.25) is 0 Å². The van der Waals surface area contributed by atoms with E-state index >= 15 is 0 Å². The molecule has 0 N–H and O–H groups in total. The first-order valence-electron chi connectivity index (χ1n) is 11.9. The van der Waals surface area contributed by atoms with Crippen LogP contribution in [-0.2, 0) is 5.41 Å². The summed E-state index contributed by atoms with van der Waals surface area (Å²) in [6.45, 7) is 5.16. The van der Waals surface area contributed by atoms with Gasteiger partial charge in [0.25, 0.3) is 0 Å². The molecule has 0 saturated heterocycles. The van der Waals surface area contributed by atoms with Gasteiger partial charge in [-0.15, -0.1) is 0 Å². The average Bonchev–Trinajstić information content (AvgIpc) is 3.51. The normalized spacial score (nSPS) is 39.7. The van der Waals surface area contributed by atoms with Gasteiger partial charge in [-0.1, -0.05) is 44.2 Å². The molecule has 4 heteroatoms. The Morgan fingerprint density at radius 3 is 1.44 bits per heavy atom. The van der Waals surface area contributed by atoms with Crippen molar-refractivity contribution in [3.05, 3.63) is 72.3 Å². The molecule has 4 aliphatic heterocycles. The molecular weight excluding hydrogens is 392 g/mol. The lowest BCUT2D eigenvalue weighted by molar-refractivity contribution is 0.132. The van der Waals surface area contributed by atoms with Crippen LogP contribution in [0.3, 0.4) is 0 Å². The second-order valence-electron chi connectivity index (χ2n) is 11.2. The highest BCUT2D eigenvalue weighted by atomic mass is 15.5. The fraction of sp³-hybridized carbons (Fsp3) is 0.357.